The lowest BCUT2D eigenvalue weighted by molar-refractivity contribution is -0.137. The third kappa shape index (κ3) is 2.93. The number of hydrogen-bond acceptors (Lipinski definition) is 2. The molecule has 0 fully saturated rings. The Hall–Kier alpha value is -2.90. The van der Waals surface area contributed by atoms with Crippen LogP contribution in [0.5, 0.6) is 0 Å². The first-order chi connectivity index (χ1) is 13.2. The molecule has 146 valence electrons. The highest BCUT2D eigenvalue weighted by Gasteiger charge is 2.39. The molecule has 0 saturated heterocycles. The van der Waals surface area contributed by atoms with Gasteiger partial charge in [0.2, 0.25) is 11.8 Å². The number of benzene rings is 2. The van der Waals surface area contributed by atoms with Gasteiger partial charge in [-0.15, -0.1) is 0 Å². The van der Waals surface area contributed by atoms with Crippen LogP contribution in [0.3, 0.4) is 0 Å². The van der Waals surface area contributed by atoms with Crippen molar-refractivity contribution in [2.24, 2.45) is 0 Å². The molecule has 2 aromatic carbocycles. The summed E-state index contributed by atoms with van der Waals surface area (Å²) in [5, 5.41) is 0. The van der Waals surface area contributed by atoms with E-state index in [4.69, 9.17) is 0 Å². The van der Waals surface area contributed by atoms with E-state index in [1.165, 1.54) is 30.1 Å². The topological polar surface area (TPSA) is 40.6 Å². The van der Waals surface area contributed by atoms with Crippen LogP contribution in [0.25, 0.3) is 0 Å². The summed E-state index contributed by atoms with van der Waals surface area (Å²) in [5.74, 6) is -1.78. The Morgan fingerprint density at radius 2 is 1.86 bits per heavy atom. The standard InChI is InChI=1S/C20H16F4N2O2/c1-25-17-9-12(20(22,23)24)3-7-16(17)26(10-18(25)27)19(28)15-5-2-11-8-13(21)4-6-14(11)15/h3-4,6-9,15H,2,5,10H2,1H3. The van der Waals surface area contributed by atoms with Crippen LogP contribution in [0.1, 0.15) is 29.0 Å². The predicted octanol–water partition coefficient (Wildman–Crippen LogP) is 3.88. The molecular weight excluding hydrogens is 376 g/mol. The van der Waals surface area contributed by atoms with Gasteiger partial charge in [0, 0.05) is 7.05 Å². The molecule has 4 nitrogen and oxygen atoms in total. The minimum atomic E-state index is -4.56. The van der Waals surface area contributed by atoms with Crippen LogP contribution in [0.4, 0.5) is 28.9 Å². The number of rotatable bonds is 1. The molecule has 2 amide bonds. The minimum absolute atomic E-state index is 0.0387. The molecule has 1 atom stereocenters. The van der Waals surface area contributed by atoms with Gasteiger partial charge in [0.25, 0.3) is 0 Å². The third-order valence-corrected chi connectivity index (χ3v) is 5.37. The number of carbonyl (C=O) groups is 2. The highest BCUT2D eigenvalue weighted by Crippen LogP contribution is 2.41. The van der Waals surface area contributed by atoms with E-state index in [2.05, 4.69) is 0 Å². The fourth-order valence-corrected chi connectivity index (χ4v) is 3.88. The zero-order valence-electron chi connectivity index (χ0n) is 14.9. The number of fused-ring (bicyclic) bond motifs is 2. The van der Waals surface area contributed by atoms with Crippen molar-refractivity contribution in [3.63, 3.8) is 0 Å². The molecule has 0 spiro atoms. The van der Waals surface area contributed by atoms with E-state index >= 15 is 0 Å². The van der Waals surface area contributed by atoms with Gasteiger partial charge < -0.3 is 9.80 Å². The maximum Gasteiger partial charge on any atom is 0.416 e. The molecule has 2 aliphatic rings. The summed E-state index contributed by atoms with van der Waals surface area (Å²) in [6.07, 6.45) is -3.56. The van der Waals surface area contributed by atoms with Gasteiger partial charge in [0.15, 0.2) is 0 Å². The number of alkyl halides is 3. The summed E-state index contributed by atoms with van der Waals surface area (Å²) < 4.78 is 52.6. The molecular formula is C20H16F4N2O2. The highest BCUT2D eigenvalue weighted by atomic mass is 19.4. The van der Waals surface area contributed by atoms with Crippen LogP contribution < -0.4 is 9.80 Å². The molecule has 1 aliphatic heterocycles. The van der Waals surface area contributed by atoms with Gasteiger partial charge in [0.1, 0.15) is 12.4 Å². The van der Waals surface area contributed by atoms with Crippen molar-refractivity contribution < 1.29 is 27.2 Å². The van der Waals surface area contributed by atoms with Crippen LogP contribution in [0.15, 0.2) is 36.4 Å². The van der Waals surface area contributed by atoms with E-state index in [0.717, 1.165) is 22.6 Å². The molecule has 1 unspecified atom stereocenters. The monoisotopic (exact) mass is 392 g/mol. The molecule has 0 N–H and O–H groups in total. The van der Waals surface area contributed by atoms with Crippen molar-refractivity contribution in [1.82, 2.24) is 0 Å². The Labute approximate surface area is 158 Å². The fourth-order valence-electron chi connectivity index (χ4n) is 3.88. The van der Waals surface area contributed by atoms with E-state index in [0.29, 0.717) is 18.4 Å². The summed E-state index contributed by atoms with van der Waals surface area (Å²) in [7, 11) is 1.39. The maximum atomic E-state index is 13.4. The molecule has 8 heteroatoms. The zero-order valence-corrected chi connectivity index (χ0v) is 14.9. The van der Waals surface area contributed by atoms with Gasteiger partial charge in [-0.05, 0) is 54.3 Å². The lowest BCUT2D eigenvalue weighted by atomic mass is 9.98. The molecule has 0 radical (unpaired) electrons. The van der Waals surface area contributed by atoms with Crippen LogP contribution in [-0.2, 0) is 22.2 Å². The van der Waals surface area contributed by atoms with Gasteiger partial charge in [-0.1, -0.05) is 6.07 Å². The van der Waals surface area contributed by atoms with E-state index < -0.39 is 23.6 Å². The van der Waals surface area contributed by atoms with Crippen molar-refractivity contribution in [3.05, 3.63) is 58.9 Å². The van der Waals surface area contributed by atoms with Crippen LogP contribution in [-0.4, -0.2) is 25.4 Å². The fraction of sp³-hybridized carbons (Fsp3) is 0.300. The summed E-state index contributed by atoms with van der Waals surface area (Å²) in [6, 6.07) is 7.24. The van der Waals surface area contributed by atoms with Gasteiger partial charge in [-0.3, -0.25) is 9.59 Å². The first-order valence-corrected chi connectivity index (χ1v) is 8.74. The number of carbonyl (C=O) groups excluding carboxylic acids is 2. The van der Waals surface area contributed by atoms with Gasteiger partial charge in [0.05, 0.1) is 22.9 Å². The average molecular weight is 392 g/mol. The number of halogens is 4. The van der Waals surface area contributed by atoms with Crippen molar-refractivity contribution in [3.8, 4) is 0 Å². The second-order valence-corrected chi connectivity index (χ2v) is 7.01. The summed E-state index contributed by atoms with van der Waals surface area (Å²) in [5.41, 5.74) is 0.854. The van der Waals surface area contributed by atoms with Gasteiger partial charge in [-0.2, -0.15) is 13.2 Å². The summed E-state index contributed by atoms with van der Waals surface area (Å²) in [4.78, 5) is 27.9. The molecule has 0 aromatic heterocycles. The number of nitrogens with zero attached hydrogens (tertiary/aromatic N) is 2. The highest BCUT2D eigenvalue weighted by molar-refractivity contribution is 6.12. The smallest absolute Gasteiger partial charge is 0.312 e. The first kappa shape index (κ1) is 18.5. The minimum Gasteiger partial charge on any atom is -0.312 e. The number of aryl methyl sites for hydroxylation is 1. The first-order valence-electron chi connectivity index (χ1n) is 8.74. The molecule has 0 bridgehead atoms. The van der Waals surface area contributed by atoms with Crippen molar-refractivity contribution in [1.29, 1.82) is 0 Å². The van der Waals surface area contributed by atoms with Crippen molar-refractivity contribution in [2.45, 2.75) is 24.9 Å². The Morgan fingerprint density at radius 3 is 2.57 bits per heavy atom. The Kier molecular flexibility index (Phi) is 4.17. The molecule has 4 rings (SSSR count). The van der Waals surface area contributed by atoms with E-state index in [9.17, 15) is 27.2 Å². The van der Waals surface area contributed by atoms with Gasteiger partial charge >= 0.3 is 6.18 Å². The Bertz CT molecular complexity index is 987. The normalized spacial score (nSPS) is 18.9. The largest absolute Gasteiger partial charge is 0.416 e. The number of anilines is 2. The molecule has 1 heterocycles. The number of amides is 2. The molecule has 28 heavy (non-hydrogen) atoms. The van der Waals surface area contributed by atoms with Crippen LogP contribution >= 0.6 is 0 Å². The average Bonchev–Trinajstić information content (AvgIpc) is 3.06. The van der Waals surface area contributed by atoms with Crippen LogP contribution in [0, 0.1) is 5.82 Å². The van der Waals surface area contributed by atoms with E-state index in [1.54, 1.807) is 6.07 Å². The lowest BCUT2D eigenvalue weighted by Gasteiger charge is -2.36. The van der Waals surface area contributed by atoms with Crippen LogP contribution in [0.2, 0.25) is 0 Å². The van der Waals surface area contributed by atoms with Crippen molar-refractivity contribution >= 4 is 23.2 Å². The zero-order chi connectivity index (χ0) is 20.2. The van der Waals surface area contributed by atoms with E-state index in [1.807, 2.05) is 0 Å². The second-order valence-electron chi connectivity index (χ2n) is 7.01. The quantitative estimate of drug-likeness (QED) is 0.691. The number of hydrogen-bond donors (Lipinski definition) is 0. The molecule has 1 aliphatic carbocycles. The lowest BCUT2D eigenvalue weighted by Crippen LogP contribution is -2.48. The summed E-state index contributed by atoms with van der Waals surface area (Å²) in [6.45, 7) is -0.249. The molecule has 2 aromatic rings. The summed E-state index contributed by atoms with van der Waals surface area (Å²) >= 11 is 0. The third-order valence-electron chi connectivity index (χ3n) is 5.37. The van der Waals surface area contributed by atoms with E-state index in [-0.39, 0.29) is 29.6 Å². The Morgan fingerprint density at radius 1 is 1.11 bits per heavy atom. The molecule has 0 saturated carbocycles. The maximum absolute atomic E-state index is 13.4. The number of likely N-dealkylation sites (N-methyl/N-ethyl adjacent to an activating group) is 1. The predicted molar refractivity (Wildman–Crippen MR) is 94.7 cm³/mol. The SMILES string of the molecule is CN1C(=O)CN(C(=O)C2CCc3cc(F)ccc32)c2ccc(C(F)(F)F)cc21. The second kappa shape index (κ2) is 6.32. The van der Waals surface area contributed by atoms with Gasteiger partial charge in [-0.25, -0.2) is 4.39 Å². The Balaban J connectivity index is 1.73. The van der Waals surface area contributed by atoms with Crippen molar-refractivity contribution in [2.75, 3.05) is 23.4 Å².